The second-order valence-electron chi connectivity index (χ2n) is 4.31. The van der Waals surface area contributed by atoms with Crippen molar-refractivity contribution in [3.8, 4) is 0 Å². The van der Waals surface area contributed by atoms with Gasteiger partial charge < -0.3 is 0 Å². The van der Waals surface area contributed by atoms with E-state index in [9.17, 15) is 8.42 Å². The van der Waals surface area contributed by atoms with Gasteiger partial charge in [-0.25, -0.2) is 8.42 Å². The molecule has 13 heavy (non-hydrogen) atoms. The van der Waals surface area contributed by atoms with Crippen molar-refractivity contribution in [1.82, 2.24) is 4.31 Å². The molecule has 4 heteroatoms. The maximum Gasteiger partial charge on any atom is 0.211 e. The standard InChI is InChI=1S/C9H19NO2S/c1-7(2)8(3)10(9-5-6-9)13(4,11)12/h7-9H,5-6H2,1-4H3/t8-/m0/s1. The van der Waals surface area contributed by atoms with E-state index >= 15 is 0 Å². The van der Waals surface area contributed by atoms with Crippen molar-refractivity contribution in [2.45, 2.75) is 45.7 Å². The Hall–Kier alpha value is -0.0900. The molecule has 0 amide bonds. The molecule has 0 aliphatic heterocycles. The molecular weight excluding hydrogens is 186 g/mol. The van der Waals surface area contributed by atoms with Gasteiger partial charge in [-0.15, -0.1) is 0 Å². The Morgan fingerprint density at radius 2 is 1.69 bits per heavy atom. The average Bonchev–Trinajstić information content (AvgIpc) is 2.68. The topological polar surface area (TPSA) is 37.4 Å². The fourth-order valence-corrected chi connectivity index (χ4v) is 3.13. The van der Waals surface area contributed by atoms with Gasteiger partial charge in [0.15, 0.2) is 0 Å². The molecule has 1 rings (SSSR count). The van der Waals surface area contributed by atoms with E-state index in [0.717, 1.165) is 12.8 Å². The van der Waals surface area contributed by atoms with E-state index < -0.39 is 10.0 Å². The van der Waals surface area contributed by atoms with Crippen LogP contribution in [0.4, 0.5) is 0 Å². The molecule has 0 aromatic carbocycles. The zero-order valence-corrected chi connectivity index (χ0v) is 9.63. The van der Waals surface area contributed by atoms with Crippen molar-refractivity contribution < 1.29 is 8.42 Å². The summed E-state index contributed by atoms with van der Waals surface area (Å²) < 4.78 is 24.6. The molecule has 0 spiro atoms. The van der Waals surface area contributed by atoms with Crippen LogP contribution in [-0.4, -0.2) is 31.1 Å². The largest absolute Gasteiger partial charge is 0.212 e. The smallest absolute Gasteiger partial charge is 0.211 e. The Morgan fingerprint density at radius 3 is 1.92 bits per heavy atom. The van der Waals surface area contributed by atoms with Gasteiger partial charge in [-0.1, -0.05) is 13.8 Å². The molecule has 0 N–H and O–H groups in total. The molecule has 3 nitrogen and oxygen atoms in total. The van der Waals surface area contributed by atoms with Crippen LogP contribution in [0.1, 0.15) is 33.6 Å². The lowest BCUT2D eigenvalue weighted by Gasteiger charge is -2.29. The van der Waals surface area contributed by atoms with Crippen LogP contribution < -0.4 is 0 Å². The van der Waals surface area contributed by atoms with Crippen LogP contribution >= 0.6 is 0 Å². The first-order valence-corrected chi connectivity index (χ1v) is 6.67. The highest BCUT2D eigenvalue weighted by Gasteiger charge is 2.38. The van der Waals surface area contributed by atoms with Gasteiger partial charge >= 0.3 is 0 Å². The van der Waals surface area contributed by atoms with Crippen molar-refractivity contribution in [1.29, 1.82) is 0 Å². The van der Waals surface area contributed by atoms with Crippen LogP contribution in [0.25, 0.3) is 0 Å². The van der Waals surface area contributed by atoms with Gasteiger partial charge in [0.25, 0.3) is 0 Å². The first-order chi connectivity index (χ1) is 5.84. The van der Waals surface area contributed by atoms with E-state index in [-0.39, 0.29) is 12.1 Å². The lowest BCUT2D eigenvalue weighted by molar-refractivity contribution is 0.270. The molecule has 1 fully saturated rings. The number of hydrogen-bond donors (Lipinski definition) is 0. The van der Waals surface area contributed by atoms with E-state index in [1.165, 1.54) is 6.26 Å². The second kappa shape index (κ2) is 3.58. The van der Waals surface area contributed by atoms with Gasteiger partial charge in [0.05, 0.1) is 6.26 Å². The van der Waals surface area contributed by atoms with Gasteiger partial charge in [0.2, 0.25) is 10.0 Å². The van der Waals surface area contributed by atoms with E-state index in [2.05, 4.69) is 13.8 Å². The molecule has 0 aromatic heterocycles. The first kappa shape index (κ1) is 11.0. The third kappa shape index (κ3) is 2.68. The van der Waals surface area contributed by atoms with Gasteiger partial charge in [-0.3, -0.25) is 0 Å². The average molecular weight is 205 g/mol. The number of sulfonamides is 1. The molecule has 0 heterocycles. The summed E-state index contributed by atoms with van der Waals surface area (Å²) in [5, 5.41) is 0. The summed E-state index contributed by atoms with van der Waals surface area (Å²) in [5.41, 5.74) is 0. The minimum Gasteiger partial charge on any atom is -0.212 e. The molecule has 1 aliphatic carbocycles. The Labute approximate surface area is 81.2 Å². The van der Waals surface area contributed by atoms with Gasteiger partial charge in [-0.05, 0) is 25.7 Å². The lowest BCUT2D eigenvalue weighted by atomic mass is 10.1. The first-order valence-electron chi connectivity index (χ1n) is 4.82. The van der Waals surface area contributed by atoms with E-state index in [1.807, 2.05) is 6.92 Å². The monoisotopic (exact) mass is 205 g/mol. The summed E-state index contributed by atoms with van der Waals surface area (Å²) in [4.78, 5) is 0. The zero-order valence-electron chi connectivity index (χ0n) is 8.82. The van der Waals surface area contributed by atoms with Crippen LogP contribution in [0, 0.1) is 5.92 Å². The third-order valence-corrected chi connectivity index (χ3v) is 4.05. The van der Waals surface area contributed by atoms with Gasteiger partial charge in [0.1, 0.15) is 0 Å². The third-order valence-electron chi connectivity index (χ3n) is 2.66. The summed E-state index contributed by atoms with van der Waals surface area (Å²) in [7, 11) is -3.01. The number of rotatable bonds is 4. The van der Waals surface area contributed by atoms with E-state index in [0.29, 0.717) is 5.92 Å². The van der Waals surface area contributed by atoms with Crippen molar-refractivity contribution in [2.24, 2.45) is 5.92 Å². The zero-order chi connectivity index (χ0) is 10.2. The summed E-state index contributed by atoms with van der Waals surface area (Å²) in [6.45, 7) is 6.11. The molecule has 1 aliphatic rings. The van der Waals surface area contributed by atoms with Crippen LogP contribution in [0.15, 0.2) is 0 Å². The van der Waals surface area contributed by atoms with E-state index in [4.69, 9.17) is 0 Å². The highest BCUT2D eigenvalue weighted by atomic mass is 32.2. The molecule has 0 aromatic rings. The van der Waals surface area contributed by atoms with Crippen LogP contribution in [0.3, 0.4) is 0 Å². The minimum atomic E-state index is -3.01. The van der Waals surface area contributed by atoms with Crippen molar-refractivity contribution in [3.63, 3.8) is 0 Å². The highest BCUT2D eigenvalue weighted by molar-refractivity contribution is 7.88. The van der Waals surface area contributed by atoms with Crippen molar-refractivity contribution >= 4 is 10.0 Å². The number of hydrogen-bond acceptors (Lipinski definition) is 2. The van der Waals surface area contributed by atoms with Crippen molar-refractivity contribution in [2.75, 3.05) is 6.26 Å². The molecular formula is C9H19NO2S. The molecule has 1 atom stereocenters. The summed E-state index contributed by atoms with van der Waals surface area (Å²) in [5.74, 6) is 0.385. The van der Waals surface area contributed by atoms with Crippen LogP contribution in [0.5, 0.6) is 0 Å². The fourth-order valence-electron chi connectivity index (χ4n) is 1.53. The molecule has 0 radical (unpaired) electrons. The minimum absolute atomic E-state index is 0.127. The Balaban J connectivity index is 2.79. The van der Waals surface area contributed by atoms with E-state index in [1.54, 1.807) is 4.31 Å². The highest BCUT2D eigenvalue weighted by Crippen LogP contribution is 2.32. The van der Waals surface area contributed by atoms with Crippen LogP contribution in [0.2, 0.25) is 0 Å². The summed E-state index contributed by atoms with van der Waals surface area (Å²) >= 11 is 0. The molecule has 0 saturated heterocycles. The molecule has 78 valence electrons. The predicted octanol–water partition coefficient (Wildman–Crippen LogP) is 1.45. The molecule has 1 saturated carbocycles. The van der Waals surface area contributed by atoms with Crippen molar-refractivity contribution in [3.05, 3.63) is 0 Å². The maximum absolute atomic E-state index is 11.5. The predicted molar refractivity (Wildman–Crippen MR) is 54.0 cm³/mol. The lowest BCUT2D eigenvalue weighted by Crippen LogP contribution is -2.42. The van der Waals surface area contributed by atoms with Gasteiger partial charge in [0, 0.05) is 12.1 Å². The fraction of sp³-hybridized carbons (Fsp3) is 1.00. The Kier molecular flexibility index (Phi) is 3.02. The van der Waals surface area contributed by atoms with Gasteiger partial charge in [-0.2, -0.15) is 4.31 Å². The maximum atomic E-state index is 11.5. The second-order valence-corrected chi connectivity index (χ2v) is 6.20. The Bertz CT molecular complexity index is 267. The summed E-state index contributed by atoms with van der Waals surface area (Å²) in [6.07, 6.45) is 3.37. The molecule has 0 bridgehead atoms. The normalized spacial score (nSPS) is 21.1. The number of nitrogens with zero attached hydrogens (tertiary/aromatic N) is 1. The van der Waals surface area contributed by atoms with Crippen LogP contribution in [-0.2, 0) is 10.0 Å². The summed E-state index contributed by atoms with van der Waals surface area (Å²) in [6, 6.07) is 0.412. The Morgan fingerprint density at radius 1 is 1.23 bits per heavy atom. The molecule has 0 unspecified atom stereocenters. The SMILES string of the molecule is CC(C)[C@H](C)N(C1CC1)S(C)(=O)=O. The quantitative estimate of drug-likeness (QED) is 0.696.